The second-order valence-electron chi connectivity index (χ2n) is 5.31. The van der Waals surface area contributed by atoms with Crippen LogP contribution in [0.25, 0.3) is 22.3 Å². The molecule has 0 bridgehead atoms. The highest BCUT2D eigenvalue weighted by Gasteiger charge is 2.14. The van der Waals surface area contributed by atoms with Crippen LogP contribution < -0.4 is 5.14 Å². The number of fused-ring (bicyclic) bond motifs is 1. The van der Waals surface area contributed by atoms with Gasteiger partial charge >= 0.3 is 0 Å². The quantitative estimate of drug-likeness (QED) is 0.752. The highest BCUT2D eigenvalue weighted by atomic mass is 35.5. The molecule has 2 heterocycles. The molecule has 0 aliphatic rings. The van der Waals surface area contributed by atoms with Crippen molar-refractivity contribution < 1.29 is 8.42 Å². The minimum Gasteiger partial charge on any atom is -0.346 e. The summed E-state index contributed by atoms with van der Waals surface area (Å²) in [6.07, 6.45) is 3.34. The van der Waals surface area contributed by atoms with Gasteiger partial charge in [-0.2, -0.15) is 0 Å². The standard InChI is InChI=1S/C15H16N4O2S.ClH/c1-10(8-22(16,20)21)11-2-4-12(5-3-11)14-13-6-7-17-15(13)19-9-18-14;/h2-7,9-10H,8H2,1H3,(H2,16,20,21)(H,17,18,19);1H. The Hall–Kier alpha value is -1.96. The molecular weight excluding hydrogens is 336 g/mol. The Kier molecular flexibility index (Phi) is 5.03. The van der Waals surface area contributed by atoms with E-state index in [9.17, 15) is 8.42 Å². The lowest BCUT2D eigenvalue weighted by Crippen LogP contribution is -2.20. The summed E-state index contributed by atoms with van der Waals surface area (Å²) < 4.78 is 22.4. The molecule has 3 N–H and O–H groups in total. The smallest absolute Gasteiger partial charge is 0.209 e. The zero-order chi connectivity index (χ0) is 15.7. The molecule has 8 heteroatoms. The van der Waals surface area contributed by atoms with Crippen molar-refractivity contribution in [3.8, 4) is 11.3 Å². The Morgan fingerprint density at radius 3 is 2.52 bits per heavy atom. The van der Waals surface area contributed by atoms with E-state index < -0.39 is 10.0 Å². The number of hydrogen-bond acceptors (Lipinski definition) is 4. The van der Waals surface area contributed by atoms with Crippen LogP contribution in [-0.2, 0) is 10.0 Å². The molecule has 0 amide bonds. The number of benzene rings is 1. The van der Waals surface area contributed by atoms with Crippen LogP contribution in [0.5, 0.6) is 0 Å². The van der Waals surface area contributed by atoms with Gasteiger partial charge in [0.15, 0.2) is 0 Å². The SMILES string of the molecule is CC(CS(N)(=O)=O)c1ccc(-c2ncnc3[nH]ccc23)cc1.Cl. The Bertz CT molecular complexity index is 907. The van der Waals surface area contributed by atoms with E-state index in [1.807, 2.05) is 43.5 Å². The molecule has 1 unspecified atom stereocenters. The molecule has 0 aliphatic carbocycles. The first-order chi connectivity index (χ1) is 10.4. The molecule has 0 aliphatic heterocycles. The van der Waals surface area contributed by atoms with Crippen LogP contribution in [0.15, 0.2) is 42.9 Å². The van der Waals surface area contributed by atoms with E-state index in [0.717, 1.165) is 27.9 Å². The van der Waals surface area contributed by atoms with Gasteiger partial charge in [0.1, 0.15) is 12.0 Å². The van der Waals surface area contributed by atoms with Gasteiger partial charge in [-0.3, -0.25) is 0 Å². The van der Waals surface area contributed by atoms with E-state index in [2.05, 4.69) is 15.0 Å². The fraction of sp³-hybridized carbons (Fsp3) is 0.200. The number of nitrogens with two attached hydrogens (primary N) is 1. The first-order valence-electron chi connectivity index (χ1n) is 6.83. The first-order valence-corrected chi connectivity index (χ1v) is 8.54. The summed E-state index contributed by atoms with van der Waals surface area (Å²) >= 11 is 0. The van der Waals surface area contributed by atoms with Crippen LogP contribution in [0, 0.1) is 0 Å². The van der Waals surface area contributed by atoms with Crippen molar-refractivity contribution in [2.75, 3.05) is 5.75 Å². The third-order valence-electron chi connectivity index (χ3n) is 3.59. The van der Waals surface area contributed by atoms with Crippen LogP contribution >= 0.6 is 12.4 Å². The molecule has 3 aromatic rings. The van der Waals surface area contributed by atoms with Gasteiger partial charge < -0.3 is 4.98 Å². The summed E-state index contributed by atoms with van der Waals surface area (Å²) in [4.78, 5) is 11.6. The number of aromatic nitrogens is 3. The second kappa shape index (κ2) is 6.66. The van der Waals surface area contributed by atoms with Gasteiger partial charge in [0.05, 0.1) is 11.4 Å². The Labute approximate surface area is 140 Å². The van der Waals surface area contributed by atoms with Crippen LogP contribution in [0.3, 0.4) is 0 Å². The summed E-state index contributed by atoms with van der Waals surface area (Å²) in [6.45, 7) is 1.84. The minimum absolute atomic E-state index is 0. The van der Waals surface area contributed by atoms with Crippen molar-refractivity contribution >= 4 is 33.5 Å². The number of halogens is 1. The summed E-state index contributed by atoms with van der Waals surface area (Å²) in [7, 11) is -3.48. The Morgan fingerprint density at radius 1 is 1.17 bits per heavy atom. The average molecular weight is 353 g/mol. The van der Waals surface area contributed by atoms with Gasteiger partial charge in [-0.15, -0.1) is 12.4 Å². The minimum atomic E-state index is -3.48. The molecule has 1 aromatic carbocycles. The predicted octanol–water partition coefficient (Wildman–Crippen LogP) is 2.44. The number of nitrogens with zero attached hydrogens (tertiary/aromatic N) is 2. The number of primary sulfonamides is 1. The number of nitrogens with one attached hydrogen (secondary N) is 1. The van der Waals surface area contributed by atoms with Crippen molar-refractivity contribution in [2.45, 2.75) is 12.8 Å². The fourth-order valence-electron chi connectivity index (χ4n) is 2.52. The molecule has 122 valence electrons. The van der Waals surface area contributed by atoms with Gasteiger partial charge in [0.2, 0.25) is 10.0 Å². The molecule has 0 saturated heterocycles. The topological polar surface area (TPSA) is 102 Å². The maximum absolute atomic E-state index is 11.2. The summed E-state index contributed by atoms with van der Waals surface area (Å²) in [5.74, 6) is -0.219. The van der Waals surface area contributed by atoms with E-state index in [0.29, 0.717) is 0 Å². The maximum atomic E-state index is 11.2. The zero-order valence-electron chi connectivity index (χ0n) is 12.4. The van der Waals surface area contributed by atoms with Crippen molar-refractivity contribution in [2.24, 2.45) is 5.14 Å². The van der Waals surface area contributed by atoms with E-state index in [-0.39, 0.29) is 24.1 Å². The van der Waals surface area contributed by atoms with Crippen molar-refractivity contribution in [3.63, 3.8) is 0 Å². The van der Waals surface area contributed by atoms with Gasteiger partial charge in [0.25, 0.3) is 0 Å². The number of hydrogen-bond donors (Lipinski definition) is 2. The van der Waals surface area contributed by atoms with E-state index >= 15 is 0 Å². The molecular formula is C15H17ClN4O2S. The lowest BCUT2D eigenvalue weighted by molar-refractivity contribution is 0.592. The van der Waals surface area contributed by atoms with Crippen LogP contribution in [0.4, 0.5) is 0 Å². The predicted molar refractivity (Wildman–Crippen MR) is 93.0 cm³/mol. The number of aromatic amines is 1. The highest BCUT2D eigenvalue weighted by Crippen LogP contribution is 2.26. The van der Waals surface area contributed by atoms with E-state index in [1.54, 1.807) is 0 Å². The molecule has 6 nitrogen and oxygen atoms in total. The third-order valence-corrected chi connectivity index (χ3v) is 4.55. The Balaban J connectivity index is 0.00000192. The molecule has 0 saturated carbocycles. The number of H-pyrrole nitrogens is 1. The lowest BCUT2D eigenvalue weighted by atomic mass is 10.00. The monoisotopic (exact) mass is 352 g/mol. The summed E-state index contributed by atoms with van der Waals surface area (Å²) in [5.41, 5.74) is 3.52. The molecule has 0 fully saturated rings. The molecule has 2 aromatic heterocycles. The average Bonchev–Trinajstić information content (AvgIpc) is 2.94. The van der Waals surface area contributed by atoms with Gasteiger partial charge in [-0.1, -0.05) is 31.2 Å². The molecule has 23 heavy (non-hydrogen) atoms. The summed E-state index contributed by atoms with van der Waals surface area (Å²) in [6, 6.07) is 9.62. The molecule has 0 radical (unpaired) electrons. The van der Waals surface area contributed by atoms with Gasteiger partial charge in [-0.05, 0) is 17.5 Å². The molecule has 0 spiro atoms. The second-order valence-corrected chi connectivity index (χ2v) is 6.97. The highest BCUT2D eigenvalue weighted by molar-refractivity contribution is 7.89. The van der Waals surface area contributed by atoms with Crippen molar-refractivity contribution in [1.82, 2.24) is 15.0 Å². The van der Waals surface area contributed by atoms with Crippen molar-refractivity contribution in [1.29, 1.82) is 0 Å². The largest absolute Gasteiger partial charge is 0.346 e. The Morgan fingerprint density at radius 2 is 1.87 bits per heavy atom. The van der Waals surface area contributed by atoms with Gasteiger partial charge in [0, 0.05) is 17.1 Å². The van der Waals surface area contributed by atoms with Gasteiger partial charge in [-0.25, -0.2) is 23.5 Å². The number of rotatable bonds is 4. The molecule has 3 rings (SSSR count). The lowest BCUT2D eigenvalue weighted by Gasteiger charge is -2.11. The van der Waals surface area contributed by atoms with E-state index in [4.69, 9.17) is 5.14 Å². The fourth-order valence-corrected chi connectivity index (χ4v) is 3.41. The van der Waals surface area contributed by atoms with Crippen LogP contribution in [-0.4, -0.2) is 29.1 Å². The first kappa shape index (κ1) is 17.4. The third kappa shape index (κ3) is 3.87. The van der Waals surface area contributed by atoms with Crippen molar-refractivity contribution in [3.05, 3.63) is 48.4 Å². The maximum Gasteiger partial charge on any atom is 0.209 e. The number of sulfonamides is 1. The zero-order valence-corrected chi connectivity index (χ0v) is 14.1. The van der Waals surface area contributed by atoms with Crippen LogP contribution in [0.1, 0.15) is 18.4 Å². The summed E-state index contributed by atoms with van der Waals surface area (Å²) in [5, 5.41) is 6.05. The van der Waals surface area contributed by atoms with E-state index in [1.165, 1.54) is 6.33 Å². The van der Waals surface area contributed by atoms with Crippen LogP contribution in [0.2, 0.25) is 0 Å². The normalized spacial score (nSPS) is 12.8. The molecule has 1 atom stereocenters.